The van der Waals surface area contributed by atoms with Gasteiger partial charge in [-0.05, 0) is 36.8 Å². The maximum Gasteiger partial charge on any atom is 0.226 e. The van der Waals surface area contributed by atoms with E-state index in [1.165, 1.54) is 16.9 Å². The summed E-state index contributed by atoms with van der Waals surface area (Å²) in [5.74, 6) is 0.634. The van der Waals surface area contributed by atoms with E-state index < -0.39 is 0 Å². The second-order valence-electron chi connectivity index (χ2n) is 5.70. The highest BCUT2D eigenvalue weighted by Crippen LogP contribution is 2.27. The quantitative estimate of drug-likeness (QED) is 0.505. The maximum atomic E-state index is 12.1. The number of aromatic amines is 1. The van der Waals surface area contributed by atoms with Crippen LogP contribution in [0.2, 0.25) is 0 Å². The van der Waals surface area contributed by atoms with Gasteiger partial charge in [-0.15, -0.1) is 0 Å². The molecule has 4 aromatic rings. The molecule has 0 aliphatic carbocycles. The van der Waals surface area contributed by atoms with Crippen molar-refractivity contribution in [3.8, 4) is 0 Å². The van der Waals surface area contributed by atoms with Gasteiger partial charge in [0.15, 0.2) is 10.3 Å². The zero-order chi connectivity index (χ0) is 17.2. The Morgan fingerprint density at radius 2 is 2.08 bits per heavy atom. The molecular weight excluding hydrogens is 352 g/mol. The lowest BCUT2D eigenvalue weighted by Crippen LogP contribution is -2.11. The van der Waals surface area contributed by atoms with Crippen LogP contribution in [0.15, 0.2) is 47.6 Å². The second-order valence-corrected chi connectivity index (χ2v) is 7.81. The summed E-state index contributed by atoms with van der Waals surface area (Å²) in [6.07, 6.45) is 0.413. The molecule has 0 radical (unpaired) electrons. The average molecular weight is 368 g/mol. The highest BCUT2D eigenvalue weighted by atomic mass is 32.2. The molecule has 2 aromatic heterocycles. The number of rotatable bonds is 5. The number of imidazole rings is 1. The molecule has 7 heteroatoms. The lowest BCUT2D eigenvalue weighted by atomic mass is 10.2. The predicted molar refractivity (Wildman–Crippen MR) is 104 cm³/mol. The monoisotopic (exact) mass is 368 g/mol. The first kappa shape index (κ1) is 16.1. The lowest BCUT2D eigenvalue weighted by Gasteiger charge is -2.00. The van der Waals surface area contributed by atoms with Crippen LogP contribution < -0.4 is 5.32 Å². The van der Waals surface area contributed by atoms with Crippen LogP contribution in [-0.4, -0.2) is 26.6 Å². The summed E-state index contributed by atoms with van der Waals surface area (Å²) in [6.45, 7) is 2.05. The Hall–Kier alpha value is -2.38. The lowest BCUT2D eigenvalue weighted by molar-refractivity contribution is -0.115. The molecule has 2 N–H and O–H groups in total. The molecule has 0 unspecified atom stereocenters. The smallest absolute Gasteiger partial charge is 0.226 e. The largest absolute Gasteiger partial charge is 0.333 e. The third-order valence-electron chi connectivity index (χ3n) is 3.73. The SMILES string of the molecule is Cc1ccc2nc(NC(=O)CCSc3nc4ccccc4[nH]3)sc2c1. The maximum absolute atomic E-state index is 12.1. The number of aromatic nitrogens is 3. The van der Waals surface area contributed by atoms with Gasteiger partial charge in [0.1, 0.15) is 0 Å². The molecule has 5 nitrogen and oxygen atoms in total. The summed E-state index contributed by atoms with van der Waals surface area (Å²) in [5, 5.41) is 4.38. The molecule has 126 valence electrons. The van der Waals surface area contributed by atoms with Crippen molar-refractivity contribution in [1.29, 1.82) is 0 Å². The molecule has 0 saturated carbocycles. The fourth-order valence-corrected chi connectivity index (χ4v) is 4.31. The molecule has 1 amide bonds. The van der Waals surface area contributed by atoms with Gasteiger partial charge in [-0.2, -0.15) is 0 Å². The van der Waals surface area contributed by atoms with Crippen molar-refractivity contribution in [3.63, 3.8) is 0 Å². The number of para-hydroxylation sites is 2. The fourth-order valence-electron chi connectivity index (χ4n) is 2.51. The van der Waals surface area contributed by atoms with Crippen LogP contribution in [0.4, 0.5) is 5.13 Å². The number of anilines is 1. The highest BCUT2D eigenvalue weighted by molar-refractivity contribution is 7.99. The first-order chi connectivity index (χ1) is 12.2. The van der Waals surface area contributed by atoms with Gasteiger partial charge in [0.25, 0.3) is 0 Å². The van der Waals surface area contributed by atoms with Gasteiger partial charge in [-0.1, -0.05) is 41.3 Å². The minimum Gasteiger partial charge on any atom is -0.333 e. The van der Waals surface area contributed by atoms with Crippen molar-refractivity contribution in [3.05, 3.63) is 48.0 Å². The fraction of sp³-hybridized carbons (Fsp3) is 0.167. The molecular formula is C18H16N4OS2. The molecule has 0 atom stereocenters. The zero-order valence-corrected chi connectivity index (χ0v) is 15.2. The van der Waals surface area contributed by atoms with Gasteiger partial charge >= 0.3 is 0 Å². The molecule has 0 aliphatic heterocycles. The van der Waals surface area contributed by atoms with E-state index in [0.717, 1.165) is 26.4 Å². The van der Waals surface area contributed by atoms with Crippen LogP contribution in [0, 0.1) is 6.92 Å². The van der Waals surface area contributed by atoms with E-state index in [1.807, 2.05) is 43.3 Å². The highest BCUT2D eigenvalue weighted by Gasteiger charge is 2.09. The Kier molecular flexibility index (Phi) is 4.42. The number of aryl methyl sites for hydroxylation is 1. The topological polar surface area (TPSA) is 70.7 Å². The van der Waals surface area contributed by atoms with Crippen molar-refractivity contribution in [2.75, 3.05) is 11.1 Å². The molecule has 25 heavy (non-hydrogen) atoms. The minimum atomic E-state index is -0.0283. The van der Waals surface area contributed by atoms with Crippen LogP contribution in [0.5, 0.6) is 0 Å². The summed E-state index contributed by atoms with van der Waals surface area (Å²) >= 11 is 3.05. The Labute approximate surface area is 152 Å². The molecule has 2 heterocycles. The van der Waals surface area contributed by atoms with Gasteiger partial charge in [0.2, 0.25) is 5.91 Å². The number of carbonyl (C=O) groups excluding carboxylic acids is 1. The number of carbonyl (C=O) groups is 1. The first-order valence-corrected chi connectivity index (χ1v) is 9.72. The van der Waals surface area contributed by atoms with Crippen LogP contribution in [0.1, 0.15) is 12.0 Å². The number of nitrogens with zero attached hydrogens (tertiary/aromatic N) is 2. The average Bonchev–Trinajstić information content (AvgIpc) is 3.17. The summed E-state index contributed by atoms with van der Waals surface area (Å²) in [7, 11) is 0. The van der Waals surface area contributed by atoms with Crippen molar-refractivity contribution < 1.29 is 4.79 Å². The number of hydrogen-bond donors (Lipinski definition) is 2. The Morgan fingerprint density at radius 1 is 1.20 bits per heavy atom. The predicted octanol–water partition coefficient (Wildman–Crippen LogP) is 4.60. The number of benzene rings is 2. The van der Waals surface area contributed by atoms with E-state index in [9.17, 15) is 4.79 Å². The molecule has 0 aliphatic rings. The summed E-state index contributed by atoms with van der Waals surface area (Å²) < 4.78 is 1.09. The Balaban J connectivity index is 1.33. The Bertz CT molecular complexity index is 1020. The molecule has 0 bridgehead atoms. The van der Waals surface area contributed by atoms with Crippen LogP contribution >= 0.6 is 23.1 Å². The zero-order valence-electron chi connectivity index (χ0n) is 13.6. The van der Waals surface area contributed by atoms with Gasteiger partial charge in [0, 0.05) is 12.2 Å². The Morgan fingerprint density at radius 3 is 2.96 bits per heavy atom. The third-order valence-corrected chi connectivity index (χ3v) is 5.53. The van der Waals surface area contributed by atoms with E-state index in [2.05, 4.69) is 26.3 Å². The number of amides is 1. The number of fused-ring (bicyclic) bond motifs is 2. The van der Waals surface area contributed by atoms with Crippen molar-refractivity contribution in [1.82, 2.24) is 15.0 Å². The first-order valence-electron chi connectivity index (χ1n) is 7.92. The number of nitrogens with one attached hydrogen (secondary N) is 2. The molecule has 4 rings (SSSR count). The van der Waals surface area contributed by atoms with E-state index in [-0.39, 0.29) is 5.91 Å². The number of hydrogen-bond acceptors (Lipinski definition) is 5. The van der Waals surface area contributed by atoms with Crippen molar-refractivity contribution in [2.24, 2.45) is 0 Å². The van der Waals surface area contributed by atoms with E-state index in [4.69, 9.17) is 0 Å². The minimum absolute atomic E-state index is 0.0283. The third kappa shape index (κ3) is 3.67. The van der Waals surface area contributed by atoms with E-state index in [1.54, 1.807) is 11.8 Å². The summed E-state index contributed by atoms with van der Waals surface area (Å²) in [5.41, 5.74) is 4.07. The van der Waals surface area contributed by atoms with E-state index >= 15 is 0 Å². The molecule has 0 saturated heterocycles. The standard InChI is InChI=1S/C18H16N4OS2/c1-11-6-7-14-15(10-11)25-18(21-14)22-16(23)8-9-24-17-19-12-4-2-3-5-13(12)20-17/h2-7,10H,8-9H2,1H3,(H,19,20)(H,21,22,23). The van der Waals surface area contributed by atoms with Crippen molar-refractivity contribution in [2.45, 2.75) is 18.5 Å². The normalized spacial score (nSPS) is 11.2. The number of thiazole rings is 1. The molecule has 0 spiro atoms. The second kappa shape index (κ2) is 6.85. The van der Waals surface area contributed by atoms with Crippen LogP contribution in [0.25, 0.3) is 21.3 Å². The summed E-state index contributed by atoms with van der Waals surface area (Å²) in [6, 6.07) is 14.0. The van der Waals surface area contributed by atoms with Gasteiger partial charge in [-0.3, -0.25) is 4.79 Å². The molecule has 0 fully saturated rings. The van der Waals surface area contributed by atoms with Gasteiger partial charge < -0.3 is 10.3 Å². The van der Waals surface area contributed by atoms with Gasteiger partial charge in [-0.25, -0.2) is 9.97 Å². The number of thioether (sulfide) groups is 1. The van der Waals surface area contributed by atoms with Crippen LogP contribution in [0.3, 0.4) is 0 Å². The number of H-pyrrole nitrogens is 1. The van der Waals surface area contributed by atoms with Crippen molar-refractivity contribution >= 4 is 55.4 Å². The van der Waals surface area contributed by atoms with E-state index in [0.29, 0.717) is 17.3 Å². The van der Waals surface area contributed by atoms with Crippen LogP contribution in [-0.2, 0) is 4.79 Å². The summed E-state index contributed by atoms with van der Waals surface area (Å²) in [4.78, 5) is 24.3. The molecule has 2 aromatic carbocycles. The van der Waals surface area contributed by atoms with Gasteiger partial charge in [0.05, 0.1) is 21.3 Å².